The molecule has 39 heavy (non-hydrogen) atoms. The Labute approximate surface area is 228 Å². The summed E-state index contributed by atoms with van der Waals surface area (Å²) in [6, 6.07) is 21.3. The summed E-state index contributed by atoms with van der Waals surface area (Å²) in [6.07, 6.45) is 0.829. The second-order valence-corrected chi connectivity index (χ2v) is 9.76. The van der Waals surface area contributed by atoms with Crippen molar-refractivity contribution in [3.05, 3.63) is 83.9 Å². The van der Waals surface area contributed by atoms with Gasteiger partial charge in [0.05, 0.1) is 19.7 Å². The maximum atomic E-state index is 14.0. The fourth-order valence-electron chi connectivity index (χ4n) is 4.38. The van der Waals surface area contributed by atoms with E-state index in [9.17, 15) is 9.59 Å². The van der Waals surface area contributed by atoms with Gasteiger partial charge in [-0.3, -0.25) is 9.59 Å². The topological polar surface area (TPSA) is 98.6 Å². The number of rotatable bonds is 12. The van der Waals surface area contributed by atoms with Gasteiger partial charge >= 0.3 is 0 Å². The average Bonchev–Trinajstić information content (AvgIpc) is 3.35. The van der Waals surface area contributed by atoms with Crippen LogP contribution in [-0.2, 0) is 22.7 Å². The number of nitrogens with zero attached hydrogens (tertiary/aromatic N) is 4. The van der Waals surface area contributed by atoms with Crippen LogP contribution in [0.1, 0.15) is 37.4 Å². The predicted octanol–water partition coefficient (Wildman–Crippen LogP) is 4.38. The molecule has 1 aromatic heterocycles. The Kier molecular flexibility index (Phi) is 9.14. The molecular weight excluding hydrogens is 494 g/mol. The van der Waals surface area contributed by atoms with Gasteiger partial charge in [-0.1, -0.05) is 55.5 Å². The minimum absolute atomic E-state index is 0.0730. The van der Waals surface area contributed by atoms with Gasteiger partial charge < -0.3 is 19.7 Å². The molecule has 0 saturated carbocycles. The van der Waals surface area contributed by atoms with Crippen LogP contribution in [0, 0.1) is 5.92 Å². The highest BCUT2D eigenvalue weighted by Gasteiger charge is 2.32. The predicted molar refractivity (Wildman–Crippen MR) is 149 cm³/mol. The van der Waals surface area contributed by atoms with E-state index in [0.29, 0.717) is 35.0 Å². The molecule has 0 aliphatic carbocycles. The maximum absolute atomic E-state index is 14.0. The molecule has 9 heteroatoms. The van der Waals surface area contributed by atoms with Crippen LogP contribution >= 0.6 is 0 Å². The number of nitrogens with one attached hydrogen (secondary N) is 1. The monoisotopic (exact) mass is 529 g/mol. The summed E-state index contributed by atoms with van der Waals surface area (Å²) in [5, 5.41) is 11.4. The van der Waals surface area contributed by atoms with E-state index in [4.69, 9.17) is 9.47 Å². The molecule has 0 unspecified atom stereocenters. The first-order valence-electron chi connectivity index (χ1n) is 13.0. The van der Waals surface area contributed by atoms with Crippen molar-refractivity contribution in [2.45, 2.75) is 39.4 Å². The van der Waals surface area contributed by atoms with E-state index in [2.05, 4.69) is 29.5 Å². The van der Waals surface area contributed by atoms with Gasteiger partial charge in [0.15, 0.2) is 0 Å². The van der Waals surface area contributed by atoms with E-state index in [1.165, 1.54) is 0 Å². The number of aromatic nitrogens is 3. The third-order valence-corrected chi connectivity index (χ3v) is 6.53. The second kappa shape index (κ2) is 12.9. The molecule has 0 aliphatic rings. The summed E-state index contributed by atoms with van der Waals surface area (Å²) >= 11 is 0. The molecule has 9 nitrogen and oxygen atoms in total. The largest absolute Gasteiger partial charge is 0.497 e. The SMILES string of the molecule is COc1ccc([C@@H](C(=O)NCCC(C)C)N(Cc2cccc(OC)c2)C(=O)Cn2nnc3ccccc32)cc1. The molecule has 0 aliphatic heterocycles. The zero-order chi connectivity index (χ0) is 27.8. The summed E-state index contributed by atoms with van der Waals surface area (Å²) < 4.78 is 12.3. The normalized spacial score (nSPS) is 11.8. The summed E-state index contributed by atoms with van der Waals surface area (Å²) in [5.74, 6) is 1.25. The molecule has 0 radical (unpaired) electrons. The smallest absolute Gasteiger partial charge is 0.247 e. The van der Waals surface area contributed by atoms with Gasteiger partial charge in [-0.15, -0.1) is 5.10 Å². The van der Waals surface area contributed by atoms with E-state index < -0.39 is 6.04 Å². The molecule has 1 N–H and O–H groups in total. The number of fused-ring (bicyclic) bond motifs is 1. The lowest BCUT2D eigenvalue weighted by atomic mass is 10.0. The number of methoxy groups -OCH3 is 2. The molecule has 204 valence electrons. The molecule has 1 atom stereocenters. The fraction of sp³-hybridized carbons (Fsp3) is 0.333. The Morgan fingerprint density at radius 1 is 0.949 bits per heavy atom. The van der Waals surface area contributed by atoms with Crippen molar-refractivity contribution in [1.82, 2.24) is 25.2 Å². The first kappa shape index (κ1) is 27.6. The van der Waals surface area contributed by atoms with Crippen LogP contribution in [0.3, 0.4) is 0 Å². The first-order valence-corrected chi connectivity index (χ1v) is 13.0. The Bertz CT molecular complexity index is 1400. The van der Waals surface area contributed by atoms with Crippen molar-refractivity contribution in [2.24, 2.45) is 5.92 Å². The number of amides is 2. The lowest BCUT2D eigenvalue weighted by Crippen LogP contribution is -2.45. The lowest BCUT2D eigenvalue weighted by Gasteiger charge is -2.32. The minimum atomic E-state index is -0.878. The molecule has 3 aromatic carbocycles. The molecular formula is C30H35N5O4. The van der Waals surface area contributed by atoms with E-state index in [-0.39, 0.29) is 24.9 Å². The molecule has 1 heterocycles. The van der Waals surface area contributed by atoms with E-state index in [0.717, 1.165) is 17.5 Å². The molecule has 0 saturated heterocycles. The van der Waals surface area contributed by atoms with Crippen molar-refractivity contribution in [3.8, 4) is 11.5 Å². The Morgan fingerprint density at radius 2 is 1.69 bits per heavy atom. The number of hydrogen-bond donors (Lipinski definition) is 1. The lowest BCUT2D eigenvalue weighted by molar-refractivity contribution is -0.142. The van der Waals surface area contributed by atoms with E-state index in [1.807, 2.05) is 60.7 Å². The Hall–Kier alpha value is -4.40. The average molecular weight is 530 g/mol. The van der Waals surface area contributed by atoms with Gasteiger partial charge in [-0.25, -0.2) is 4.68 Å². The third kappa shape index (κ3) is 6.93. The van der Waals surface area contributed by atoms with Crippen molar-refractivity contribution in [2.75, 3.05) is 20.8 Å². The maximum Gasteiger partial charge on any atom is 0.247 e. The Morgan fingerprint density at radius 3 is 2.41 bits per heavy atom. The zero-order valence-corrected chi connectivity index (χ0v) is 22.8. The van der Waals surface area contributed by atoms with Gasteiger partial charge in [-0.05, 0) is 59.9 Å². The fourth-order valence-corrected chi connectivity index (χ4v) is 4.38. The molecule has 0 bridgehead atoms. The van der Waals surface area contributed by atoms with Crippen LogP contribution in [-0.4, -0.2) is 52.5 Å². The van der Waals surface area contributed by atoms with Crippen molar-refractivity contribution < 1.29 is 19.1 Å². The summed E-state index contributed by atoms with van der Waals surface area (Å²) in [5.41, 5.74) is 2.95. The van der Waals surface area contributed by atoms with Crippen molar-refractivity contribution in [1.29, 1.82) is 0 Å². The minimum Gasteiger partial charge on any atom is -0.497 e. The van der Waals surface area contributed by atoms with Gasteiger partial charge in [0.2, 0.25) is 11.8 Å². The molecule has 4 rings (SSSR count). The standard InChI is InChI=1S/C30H35N5O4/c1-21(2)16-17-31-30(37)29(23-12-14-24(38-3)15-13-23)34(19-22-8-7-9-25(18-22)39-4)28(36)20-35-27-11-6-5-10-26(27)32-33-35/h5-15,18,21,29H,16-17,19-20H2,1-4H3,(H,31,37)/t29-/m0/s1. The van der Waals surface area contributed by atoms with Gasteiger partial charge in [-0.2, -0.15) is 0 Å². The summed E-state index contributed by atoms with van der Waals surface area (Å²) in [4.78, 5) is 29.4. The number of hydrogen-bond acceptors (Lipinski definition) is 6. The summed E-state index contributed by atoms with van der Waals surface area (Å²) in [6.45, 7) is 4.84. The number of para-hydroxylation sites is 1. The number of ether oxygens (including phenoxy) is 2. The van der Waals surface area contributed by atoms with Crippen LogP contribution in [0.15, 0.2) is 72.8 Å². The van der Waals surface area contributed by atoms with Crippen molar-refractivity contribution >= 4 is 22.8 Å². The van der Waals surface area contributed by atoms with Crippen LogP contribution < -0.4 is 14.8 Å². The summed E-state index contributed by atoms with van der Waals surface area (Å²) in [7, 11) is 3.19. The number of benzene rings is 3. The third-order valence-electron chi connectivity index (χ3n) is 6.53. The second-order valence-electron chi connectivity index (χ2n) is 9.76. The molecule has 0 spiro atoms. The van der Waals surface area contributed by atoms with Crippen LogP contribution in [0.4, 0.5) is 0 Å². The van der Waals surface area contributed by atoms with Crippen LogP contribution in [0.2, 0.25) is 0 Å². The van der Waals surface area contributed by atoms with Crippen LogP contribution in [0.25, 0.3) is 11.0 Å². The molecule has 2 amide bonds. The van der Waals surface area contributed by atoms with Gasteiger partial charge in [0.1, 0.15) is 29.6 Å². The highest BCUT2D eigenvalue weighted by atomic mass is 16.5. The van der Waals surface area contributed by atoms with Crippen molar-refractivity contribution in [3.63, 3.8) is 0 Å². The van der Waals surface area contributed by atoms with Gasteiger partial charge in [0, 0.05) is 13.1 Å². The zero-order valence-electron chi connectivity index (χ0n) is 22.8. The van der Waals surface area contributed by atoms with E-state index >= 15 is 0 Å². The van der Waals surface area contributed by atoms with Crippen LogP contribution in [0.5, 0.6) is 11.5 Å². The van der Waals surface area contributed by atoms with E-state index in [1.54, 1.807) is 35.9 Å². The molecule has 4 aromatic rings. The quantitative estimate of drug-likeness (QED) is 0.292. The number of carbonyl (C=O) groups is 2. The number of carbonyl (C=O) groups excluding carboxylic acids is 2. The highest BCUT2D eigenvalue weighted by molar-refractivity contribution is 5.89. The first-order chi connectivity index (χ1) is 18.9. The molecule has 0 fully saturated rings. The van der Waals surface area contributed by atoms with Gasteiger partial charge in [0.25, 0.3) is 0 Å². The Balaban J connectivity index is 1.73. The highest BCUT2D eigenvalue weighted by Crippen LogP contribution is 2.27.